The van der Waals surface area contributed by atoms with Gasteiger partial charge in [-0.3, -0.25) is 0 Å². The van der Waals surface area contributed by atoms with Gasteiger partial charge in [-0.15, -0.1) is 0 Å². The Morgan fingerprint density at radius 2 is 2.10 bits per heavy atom. The van der Waals surface area contributed by atoms with Crippen LogP contribution >= 0.6 is 0 Å². The molecule has 1 aromatic rings. The third kappa shape index (κ3) is 3.73. The predicted molar refractivity (Wildman–Crippen MR) is 86.6 cm³/mol. The molecule has 0 saturated carbocycles. The highest BCUT2D eigenvalue weighted by atomic mass is 15.3. The molecule has 0 radical (unpaired) electrons. The number of anilines is 1. The average Bonchev–Trinajstić information content (AvgIpc) is 2.50. The standard InChI is InChI=1S/C17H28N4/c1-14-8-9-18-17(19-14)21-11-5-7-16(13-21)12-20-10-4-3-6-15(20)2/h8-9,15-16H,3-7,10-13H2,1-2H3. The van der Waals surface area contributed by atoms with Crippen LogP contribution in [0.2, 0.25) is 0 Å². The summed E-state index contributed by atoms with van der Waals surface area (Å²) in [6.45, 7) is 9.20. The summed E-state index contributed by atoms with van der Waals surface area (Å²) < 4.78 is 0. The van der Waals surface area contributed by atoms with Crippen molar-refractivity contribution in [3.63, 3.8) is 0 Å². The molecular weight excluding hydrogens is 260 g/mol. The number of nitrogens with zero attached hydrogens (tertiary/aromatic N) is 4. The molecule has 0 aliphatic carbocycles. The summed E-state index contributed by atoms with van der Waals surface area (Å²) in [6.07, 6.45) is 8.66. The van der Waals surface area contributed by atoms with E-state index in [9.17, 15) is 0 Å². The Morgan fingerprint density at radius 1 is 1.19 bits per heavy atom. The molecule has 2 unspecified atom stereocenters. The monoisotopic (exact) mass is 288 g/mol. The van der Waals surface area contributed by atoms with Crippen molar-refractivity contribution >= 4 is 5.95 Å². The maximum Gasteiger partial charge on any atom is 0.225 e. The van der Waals surface area contributed by atoms with Gasteiger partial charge in [-0.2, -0.15) is 0 Å². The summed E-state index contributed by atoms with van der Waals surface area (Å²) in [7, 11) is 0. The molecule has 3 rings (SSSR count). The number of hydrogen-bond acceptors (Lipinski definition) is 4. The van der Waals surface area contributed by atoms with E-state index in [2.05, 4.69) is 26.7 Å². The van der Waals surface area contributed by atoms with E-state index in [-0.39, 0.29) is 0 Å². The van der Waals surface area contributed by atoms with E-state index in [0.717, 1.165) is 36.7 Å². The number of piperidine rings is 2. The Kier molecular flexibility index (Phi) is 4.73. The van der Waals surface area contributed by atoms with Gasteiger partial charge in [0.15, 0.2) is 0 Å². The summed E-state index contributed by atoms with van der Waals surface area (Å²) in [5, 5.41) is 0. The van der Waals surface area contributed by atoms with Crippen molar-refractivity contribution in [1.29, 1.82) is 0 Å². The minimum absolute atomic E-state index is 0.767. The van der Waals surface area contributed by atoms with E-state index in [4.69, 9.17) is 0 Å². The second kappa shape index (κ2) is 6.73. The van der Waals surface area contributed by atoms with Gasteiger partial charge in [-0.25, -0.2) is 9.97 Å². The molecule has 3 heterocycles. The van der Waals surface area contributed by atoms with Crippen LogP contribution in [0, 0.1) is 12.8 Å². The smallest absolute Gasteiger partial charge is 0.225 e. The van der Waals surface area contributed by atoms with E-state index in [1.807, 2.05) is 19.2 Å². The zero-order valence-corrected chi connectivity index (χ0v) is 13.5. The topological polar surface area (TPSA) is 32.3 Å². The van der Waals surface area contributed by atoms with Crippen LogP contribution in [-0.4, -0.2) is 47.1 Å². The predicted octanol–water partition coefficient (Wildman–Crippen LogP) is 2.88. The lowest BCUT2D eigenvalue weighted by Gasteiger charge is -2.39. The van der Waals surface area contributed by atoms with Crippen molar-refractivity contribution in [3.8, 4) is 0 Å². The molecule has 0 N–H and O–H groups in total. The van der Waals surface area contributed by atoms with Crippen LogP contribution in [0.5, 0.6) is 0 Å². The third-order valence-electron chi connectivity index (χ3n) is 5.02. The highest BCUT2D eigenvalue weighted by Gasteiger charge is 2.26. The Labute approximate surface area is 128 Å². The zero-order chi connectivity index (χ0) is 14.7. The molecule has 2 aliphatic rings. The summed E-state index contributed by atoms with van der Waals surface area (Å²) >= 11 is 0. The number of likely N-dealkylation sites (tertiary alicyclic amines) is 1. The molecule has 116 valence electrons. The van der Waals surface area contributed by atoms with Gasteiger partial charge in [0.25, 0.3) is 0 Å². The van der Waals surface area contributed by atoms with Crippen molar-refractivity contribution < 1.29 is 0 Å². The summed E-state index contributed by atoms with van der Waals surface area (Å²) in [5.74, 6) is 1.69. The molecule has 4 nitrogen and oxygen atoms in total. The highest BCUT2D eigenvalue weighted by molar-refractivity contribution is 5.30. The van der Waals surface area contributed by atoms with E-state index in [1.165, 1.54) is 45.2 Å². The number of aromatic nitrogens is 2. The molecule has 2 aliphatic heterocycles. The van der Waals surface area contributed by atoms with Crippen LogP contribution in [0.3, 0.4) is 0 Å². The molecule has 0 bridgehead atoms. The fourth-order valence-electron chi connectivity index (χ4n) is 3.74. The third-order valence-corrected chi connectivity index (χ3v) is 5.02. The largest absolute Gasteiger partial charge is 0.340 e. The van der Waals surface area contributed by atoms with E-state index < -0.39 is 0 Å². The molecule has 2 saturated heterocycles. The first-order chi connectivity index (χ1) is 10.2. The minimum Gasteiger partial charge on any atom is -0.340 e. The van der Waals surface area contributed by atoms with E-state index in [1.54, 1.807) is 0 Å². The second-order valence-electron chi connectivity index (χ2n) is 6.79. The summed E-state index contributed by atoms with van der Waals surface area (Å²) in [6, 6.07) is 2.74. The SMILES string of the molecule is Cc1ccnc(N2CCCC(CN3CCCCC3C)C2)n1. The van der Waals surface area contributed by atoms with E-state index >= 15 is 0 Å². The van der Waals surface area contributed by atoms with Crippen molar-refractivity contribution in [2.75, 3.05) is 31.1 Å². The first-order valence-electron chi connectivity index (χ1n) is 8.51. The van der Waals surface area contributed by atoms with Gasteiger partial charge in [0, 0.05) is 37.6 Å². The quantitative estimate of drug-likeness (QED) is 0.856. The lowest BCUT2D eigenvalue weighted by atomic mass is 9.95. The van der Waals surface area contributed by atoms with Gasteiger partial charge in [0.05, 0.1) is 0 Å². The molecule has 0 spiro atoms. The second-order valence-corrected chi connectivity index (χ2v) is 6.79. The van der Waals surface area contributed by atoms with Crippen LogP contribution < -0.4 is 4.90 Å². The van der Waals surface area contributed by atoms with E-state index in [0.29, 0.717) is 0 Å². The van der Waals surface area contributed by atoms with Gasteiger partial charge in [-0.1, -0.05) is 6.42 Å². The Hall–Kier alpha value is -1.16. The Morgan fingerprint density at radius 3 is 2.90 bits per heavy atom. The molecule has 1 aromatic heterocycles. The van der Waals surface area contributed by atoms with Crippen molar-refractivity contribution in [1.82, 2.24) is 14.9 Å². The summed E-state index contributed by atoms with van der Waals surface area (Å²) in [5.41, 5.74) is 1.06. The Balaban J connectivity index is 1.60. The molecule has 0 amide bonds. The van der Waals surface area contributed by atoms with Crippen molar-refractivity contribution in [2.45, 2.75) is 52.0 Å². The zero-order valence-electron chi connectivity index (χ0n) is 13.5. The lowest BCUT2D eigenvalue weighted by molar-refractivity contribution is 0.130. The van der Waals surface area contributed by atoms with Gasteiger partial charge < -0.3 is 9.80 Å². The number of hydrogen-bond donors (Lipinski definition) is 0. The van der Waals surface area contributed by atoms with Crippen LogP contribution in [0.1, 0.15) is 44.7 Å². The maximum atomic E-state index is 4.59. The first-order valence-corrected chi connectivity index (χ1v) is 8.51. The first kappa shape index (κ1) is 14.8. The van der Waals surface area contributed by atoms with Gasteiger partial charge >= 0.3 is 0 Å². The molecule has 21 heavy (non-hydrogen) atoms. The fourth-order valence-corrected chi connectivity index (χ4v) is 3.74. The van der Waals surface area contributed by atoms with Crippen LogP contribution in [0.4, 0.5) is 5.95 Å². The molecule has 2 fully saturated rings. The fraction of sp³-hybridized carbons (Fsp3) is 0.765. The van der Waals surface area contributed by atoms with Gasteiger partial charge in [-0.05, 0) is 58.1 Å². The van der Waals surface area contributed by atoms with Gasteiger partial charge in [0.1, 0.15) is 0 Å². The molecular formula is C17H28N4. The normalized spacial score (nSPS) is 27.8. The van der Waals surface area contributed by atoms with Crippen LogP contribution in [0.25, 0.3) is 0 Å². The summed E-state index contributed by atoms with van der Waals surface area (Å²) in [4.78, 5) is 14.1. The lowest BCUT2D eigenvalue weighted by Crippen LogP contribution is -2.45. The van der Waals surface area contributed by atoms with Gasteiger partial charge in [0.2, 0.25) is 5.95 Å². The average molecular weight is 288 g/mol. The maximum absolute atomic E-state index is 4.59. The van der Waals surface area contributed by atoms with Crippen molar-refractivity contribution in [2.24, 2.45) is 5.92 Å². The minimum atomic E-state index is 0.767. The molecule has 4 heteroatoms. The molecule has 2 atom stereocenters. The number of rotatable bonds is 3. The Bertz CT molecular complexity index is 462. The molecule has 0 aromatic carbocycles. The van der Waals surface area contributed by atoms with Crippen molar-refractivity contribution in [3.05, 3.63) is 18.0 Å². The number of aryl methyl sites for hydroxylation is 1. The van der Waals surface area contributed by atoms with Crippen LogP contribution in [0.15, 0.2) is 12.3 Å². The highest BCUT2D eigenvalue weighted by Crippen LogP contribution is 2.24. The van der Waals surface area contributed by atoms with Crippen LogP contribution in [-0.2, 0) is 0 Å².